The number of nitrogens with zero attached hydrogens (tertiary/aromatic N) is 3. The van der Waals surface area contributed by atoms with Crippen molar-refractivity contribution in [2.75, 3.05) is 13.1 Å². The SMILES string of the molecule is CCN(CC(=O)NC(C)C)C(=O)c1ccc(-n2nc(C)c(Cl)c2C)cc1. The Morgan fingerprint density at radius 1 is 1.23 bits per heavy atom. The van der Waals surface area contributed by atoms with Crippen LogP contribution in [0.1, 0.15) is 42.5 Å². The Hall–Kier alpha value is -2.34. The molecule has 0 fully saturated rings. The lowest BCUT2D eigenvalue weighted by Gasteiger charge is -2.21. The molecular weight excluding hydrogens is 352 g/mol. The van der Waals surface area contributed by atoms with Crippen molar-refractivity contribution in [3.05, 3.63) is 46.2 Å². The Labute approximate surface area is 159 Å². The van der Waals surface area contributed by atoms with Crippen molar-refractivity contribution in [1.82, 2.24) is 20.0 Å². The Morgan fingerprint density at radius 3 is 2.31 bits per heavy atom. The van der Waals surface area contributed by atoms with E-state index in [0.29, 0.717) is 17.1 Å². The molecular formula is C19H25ClN4O2. The topological polar surface area (TPSA) is 67.2 Å². The van der Waals surface area contributed by atoms with E-state index in [9.17, 15) is 9.59 Å². The molecule has 0 saturated heterocycles. The normalized spacial score (nSPS) is 10.9. The minimum Gasteiger partial charge on any atom is -0.352 e. The monoisotopic (exact) mass is 376 g/mol. The van der Waals surface area contributed by atoms with Crippen molar-refractivity contribution in [1.29, 1.82) is 0 Å². The maximum Gasteiger partial charge on any atom is 0.254 e. The van der Waals surface area contributed by atoms with Gasteiger partial charge in [0.15, 0.2) is 0 Å². The number of carbonyl (C=O) groups excluding carboxylic acids is 2. The molecule has 2 rings (SSSR count). The summed E-state index contributed by atoms with van der Waals surface area (Å²) in [7, 11) is 0. The van der Waals surface area contributed by atoms with Crippen molar-refractivity contribution < 1.29 is 9.59 Å². The molecule has 2 amide bonds. The number of hydrogen-bond acceptors (Lipinski definition) is 3. The maximum atomic E-state index is 12.7. The summed E-state index contributed by atoms with van der Waals surface area (Å²) in [6.45, 7) is 9.88. The summed E-state index contributed by atoms with van der Waals surface area (Å²) in [5.41, 5.74) is 2.97. The molecule has 140 valence electrons. The molecule has 1 heterocycles. The van der Waals surface area contributed by atoms with Crippen LogP contribution in [0.2, 0.25) is 5.02 Å². The average molecular weight is 377 g/mol. The zero-order valence-electron chi connectivity index (χ0n) is 15.8. The Balaban J connectivity index is 2.16. The van der Waals surface area contributed by atoms with Crippen LogP contribution in [0.5, 0.6) is 0 Å². The van der Waals surface area contributed by atoms with Gasteiger partial charge in [0.1, 0.15) is 0 Å². The molecule has 0 aliphatic rings. The number of aromatic nitrogens is 2. The van der Waals surface area contributed by atoms with Gasteiger partial charge in [-0.25, -0.2) is 4.68 Å². The first-order valence-corrected chi connectivity index (χ1v) is 9.03. The molecule has 0 radical (unpaired) electrons. The van der Waals surface area contributed by atoms with Gasteiger partial charge in [-0.2, -0.15) is 5.10 Å². The fourth-order valence-corrected chi connectivity index (χ4v) is 2.79. The number of rotatable bonds is 6. The van der Waals surface area contributed by atoms with E-state index in [-0.39, 0.29) is 24.4 Å². The standard InChI is InChI=1S/C19H25ClN4O2/c1-6-23(11-17(25)21-12(2)3)19(26)15-7-9-16(10-8-15)24-14(5)18(20)13(4)22-24/h7-10,12H,6,11H2,1-5H3,(H,21,25). The van der Waals surface area contributed by atoms with Crippen molar-refractivity contribution in [2.24, 2.45) is 0 Å². The molecule has 1 aromatic carbocycles. The van der Waals surface area contributed by atoms with Gasteiger partial charge in [0.2, 0.25) is 5.91 Å². The molecule has 1 N–H and O–H groups in total. The summed E-state index contributed by atoms with van der Waals surface area (Å²) in [6, 6.07) is 7.18. The van der Waals surface area contributed by atoms with Gasteiger partial charge in [0.05, 0.1) is 28.6 Å². The summed E-state index contributed by atoms with van der Waals surface area (Å²) in [5.74, 6) is -0.339. The second kappa shape index (κ2) is 8.36. The number of carbonyl (C=O) groups is 2. The lowest BCUT2D eigenvalue weighted by atomic mass is 10.1. The smallest absolute Gasteiger partial charge is 0.254 e. The number of amides is 2. The second-order valence-corrected chi connectivity index (χ2v) is 6.86. The number of nitrogens with one attached hydrogen (secondary N) is 1. The molecule has 0 unspecified atom stereocenters. The first-order valence-electron chi connectivity index (χ1n) is 8.65. The molecule has 26 heavy (non-hydrogen) atoms. The van der Waals surface area contributed by atoms with Gasteiger partial charge >= 0.3 is 0 Å². The van der Waals surface area contributed by atoms with Crippen LogP contribution in [0.4, 0.5) is 0 Å². The molecule has 0 bridgehead atoms. The Morgan fingerprint density at radius 2 is 1.85 bits per heavy atom. The van der Waals surface area contributed by atoms with Gasteiger partial charge in [0.25, 0.3) is 5.91 Å². The van der Waals surface area contributed by atoms with Crippen LogP contribution in [-0.4, -0.2) is 45.6 Å². The number of likely N-dealkylation sites (N-methyl/N-ethyl adjacent to an activating group) is 1. The number of halogens is 1. The van der Waals surface area contributed by atoms with Gasteiger partial charge in [-0.05, 0) is 58.9 Å². The largest absolute Gasteiger partial charge is 0.352 e. The highest BCUT2D eigenvalue weighted by Crippen LogP contribution is 2.22. The van der Waals surface area contributed by atoms with E-state index in [1.54, 1.807) is 16.8 Å². The molecule has 6 nitrogen and oxygen atoms in total. The first kappa shape index (κ1) is 20.0. The van der Waals surface area contributed by atoms with Crippen LogP contribution in [0.15, 0.2) is 24.3 Å². The molecule has 1 aromatic heterocycles. The summed E-state index contributed by atoms with van der Waals surface area (Å²) in [4.78, 5) is 26.1. The van der Waals surface area contributed by atoms with Crippen LogP contribution in [-0.2, 0) is 4.79 Å². The molecule has 0 spiro atoms. The zero-order valence-corrected chi connectivity index (χ0v) is 16.6. The molecule has 0 aliphatic heterocycles. The Kier molecular flexibility index (Phi) is 6.42. The third-order valence-corrected chi connectivity index (χ3v) is 4.56. The van der Waals surface area contributed by atoms with Gasteiger partial charge in [0, 0.05) is 18.2 Å². The highest BCUT2D eigenvalue weighted by molar-refractivity contribution is 6.31. The zero-order chi connectivity index (χ0) is 19.4. The molecule has 0 aliphatic carbocycles. The number of hydrogen-bond donors (Lipinski definition) is 1. The highest BCUT2D eigenvalue weighted by Gasteiger charge is 2.18. The van der Waals surface area contributed by atoms with E-state index in [2.05, 4.69) is 10.4 Å². The first-order chi connectivity index (χ1) is 12.2. The van der Waals surface area contributed by atoms with E-state index in [1.165, 1.54) is 4.90 Å². The summed E-state index contributed by atoms with van der Waals surface area (Å²) in [5, 5.41) is 7.85. The minimum atomic E-state index is -0.177. The fraction of sp³-hybridized carbons (Fsp3) is 0.421. The van der Waals surface area contributed by atoms with E-state index < -0.39 is 0 Å². The molecule has 7 heteroatoms. The van der Waals surface area contributed by atoms with Gasteiger partial charge in [-0.3, -0.25) is 9.59 Å². The van der Waals surface area contributed by atoms with Crippen LogP contribution in [0, 0.1) is 13.8 Å². The van der Waals surface area contributed by atoms with Crippen LogP contribution in [0.3, 0.4) is 0 Å². The third kappa shape index (κ3) is 4.43. The summed E-state index contributed by atoms with van der Waals surface area (Å²) in [6.07, 6.45) is 0. The van der Waals surface area contributed by atoms with Crippen molar-refractivity contribution in [3.8, 4) is 5.69 Å². The maximum absolute atomic E-state index is 12.7. The average Bonchev–Trinajstić information content (AvgIpc) is 2.86. The van der Waals surface area contributed by atoms with Gasteiger partial charge in [-0.15, -0.1) is 0 Å². The molecule has 0 saturated carbocycles. The van der Waals surface area contributed by atoms with Gasteiger partial charge < -0.3 is 10.2 Å². The van der Waals surface area contributed by atoms with Crippen LogP contribution >= 0.6 is 11.6 Å². The lowest BCUT2D eigenvalue weighted by Crippen LogP contribution is -2.42. The van der Waals surface area contributed by atoms with E-state index >= 15 is 0 Å². The van der Waals surface area contributed by atoms with Crippen molar-refractivity contribution in [3.63, 3.8) is 0 Å². The predicted octanol–water partition coefficient (Wildman–Crippen LogP) is 3.13. The van der Waals surface area contributed by atoms with Crippen LogP contribution < -0.4 is 5.32 Å². The van der Waals surface area contributed by atoms with Gasteiger partial charge in [-0.1, -0.05) is 11.6 Å². The van der Waals surface area contributed by atoms with Crippen molar-refractivity contribution >= 4 is 23.4 Å². The number of aryl methyl sites for hydroxylation is 1. The summed E-state index contributed by atoms with van der Waals surface area (Å²) < 4.78 is 1.75. The predicted molar refractivity (Wildman–Crippen MR) is 103 cm³/mol. The van der Waals surface area contributed by atoms with E-state index in [4.69, 9.17) is 11.6 Å². The third-order valence-electron chi connectivity index (χ3n) is 4.01. The van der Waals surface area contributed by atoms with E-state index in [1.807, 2.05) is 46.8 Å². The lowest BCUT2D eigenvalue weighted by molar-refractivity contribution is -0.122. The molecule has 0 atom stereocenters. The van der Waals surface area contributed by atoms with Crippen LogP contribution in [0.25, 0.3) is 5.69 Å². The van der Waals surface area contributed by atoms with Crippen molar-refractivity contribution in [2.45, 2.75) is 40.7 Å². The fourth-order valence-electron chi connectivity index (χ4n) is 2.67. The highest BCUT2D eigenvalue weighted by atomic mass is 35.5. The van der Waals surface area contributed by atoms with E-state index in [0.717, 1.165) is 17.1 Å². The minimum absolute atomic E-state index is 0.0440. The second-order valence-electron chi connectivity index (χ2n) is 6.49. The number of benzene rings is 1. The quantitative estimate of drug-likeness (QED) is 0.842. The summed E-state index contributed by atoms with van der Waals surface area (Å²) >= 11 is 6.19. The molecule has 2 aromatic rings. The Bertz CT molecular complexity index is 797.